The largest absolute Gasteiger partial charge is 0.351 e. The first-order valence-corrected chi connectivity index (χ1v) is 8.62. The molecule has 0 fully saturated rings. The van der Waals surface area contributed by atoms with Crippen molar-refractivity contribution in [1.82, 2.24) is 0 Å². The molecule has 0 rings (SSSR count). The van der Waals surface area contributed by atoms with Crippen LogP contribution in [0.1, 0.15) is 96.8 Å². The topological polar surface area (TPSA) is 44.7 Å². The van der Waals surface area contributed by atoms with Gasteiger partial charge in [0.15, 0.2) is 5.78 Å². The quantitative estimate of drug-likeness (QED) is 0.444. The molecule has 0 aromatic carbocycles. The zero-order valence-electron chi connectivity index (χ0n) is 13.2. The first-order chi connectivity index (χ1) is 9.31. The number of hydrogen-bond acceptors (Lipinski definition) is 1. The number of hydrogen-bond donors (Lipinski definition) is 1. The summed E-state index contributed by atoms with van der Waals surface area (Å²) in [4.78, 5) is 11.1. The number of quaternary nitrogens is 1. The molecule has 2 nitrogen and oxygen atoms in total. The first-order valence-electron chi connectivity index (χ1n) is 8.62. The van der Waals surface area contributed by atoms with E-state index in [0.717, 1.165) is 12.8 Å². The van der Waals surface area contributed by atoms with E-state index in [0.29, 0.717) is 12.3 Å². The monoisotopic (exact) mass is 270 g/mol. The average molecular weight is 270 g/mol. The minimum atomic E-state index is 0.322. The van der Waals surface area contributed by atoms with Gasteiger partial charge in [0.25, 0.3) is 0 Å². The van der Waals surface area contributed by atoms with Crippen molar-refractivity contribution >= 4 is 5.78 Å². The van der Waals surface area contributed by atoms with Gasteiger partial charge in [0, 0.05) is 6.42 Å². The fourth-order valence-corrected chi connectivity index (χ4v) is 2.46. The highest BCUT2D eigenvalue weighted by Gasteiger charge is 1.99. The summed E-state index contributed by atoms with van der Waals surface area (Å²) < 4.78 is 0. The van der Waals surface area contributed by atoms with Gasteiger partial charge in [-0.2, -0.15) is 0 Å². The predicted octanol–water partition coefficient (Wildman–Crippen LogP) is 4.28. The Kier molecular flexibility index (Phi) is 15.4. The molecule has 0 saturated carbocycles. The van der Waals surface area contributed by atoms with Crippen molar-refractivity contribution in [3.8, 4) is 0 Å². The van der Waals surface area contributed by atoms with Crippen LogP contribution in [-0.4, -0.2) is 12.3 Å². The van der Waals surface area contributed by atoms with Gasteiger partial charge in [0.1, 0.15) is 6.54 Å². The van der Waals surface area contributed by atoms with Crippen molar-refractivity contribution in [2.45, 2.75) is 96.8 Å². The van der Waals surface area contributed by atoms with Gasteiger partial charge in [-0.05, 0) is 6.42 Å². The van der Waals surface area contributed by atoms with Crippen molar-refractivity contribution in [3.05, 3.63) is 0 Å². The highest BCUT2D eigenvalue weighted by molar-refractivity contribution is 5.78. The molecule has 0 aliphatic heterocycles. The van der Waals surface area contributed by atoms with E-state index >= 15 is 0 Å². The summed E-state index contributed by atoms with van der Waals surface area (Å²) in [7, 11) is 0. The molecule has 3 N–H and O–H groups in total. The number of unbranched alkanes of at least 4 members (excludes halogenated alkanes) is 12. The van der Waals surface area contributed by atoms with Crippen LogP contribution < -0.4 is 5.73 Å². The number of carbonyl (C=O) groups excluding carboxylic acids is 1. The lowest BCUT2D eigenvalue weighted by molar-refractivity contribution is -0.354. The van der Waals surface area contributed by atoms with Crippen LogP contribution in [0.4, 0.5) is 0 Å². The van der Waals surface area contributed by atoms with Gasteiger partial charge in [0.05, 0.1) is 0 Å². The molecule has 19 heavy (non-hydrogen) atoms. The minimum absolute atomic E-state index is 0.322. The maximum atomic E-state index is 11.1. The van der Waals surface area contributed by atoms with Gasteiger partial charge in [-0.15, -0.1) is 0 Å². The van der Waals surface area contributed by atoms with Crippen molar-refractivity contribution < 1.29 is 10.5 Å². The molecule has 114 valence electrons. The lowest BCUT2D eigenvalue weighted by atomic mass is 10.0. The number of carbonyl (C=O) groups is 1. The molecule has 0 amide bonds. The summed E-state index contributed by atoms with van der Waals surface area (Å²) in [5, 5.41) is 0. The molecule has 0 radical (unpaired) electrons. The Morgan fingerprint density at radius 2 is 1.05 bits per heavy atom. The van der Waals surface area contributed by atoms with E-state index < -0.39 is 0 Å². The lowest BCUT2D eigenvalue weighted by Crippen LogP contribution is -2.54. The van der Waals surface area contributed by atoms with Crippen LogP contribution in [0.5, 0.6) is 0 Å². The zero-order valence-corrected chi connectivity index (χ0v) is 13.2. The van der Waals surface area contributed by atoms with Crippen LogP contribution in [0.25, 0.3) is 0 Å². The average Bonchev–Trinajstić information content (AvgIpc) is 2.43. The van der Waals surface area contributed by atoms with E-state index in [1.807, 2.05) is 0 Å². The Hall–Kier alpha value is -0.370. The highest BCUT2D eigenvalue weighted by atomic mass is 16.1. The summed E-state index contributed by atoms with van der Waals surface area (Å²) in [6.07, 6.45) is 18.4. The summed E-state index contributed by atoms with van der Waals surface area (Å²) in [6, 6.07) is 0. The van der Waals surface area contributed by atoms with E-state index in [4.69, 9.17) is 0 Å². The van der Waals surface area contributed by atoms with Crippen LogP contribution in [-0.2, 0) is 4.79 Å². The molecule has 2 heteroatoms. The molecule has 0 aliphatic carbocycles. The summed E-state index contributed by atoms with van der Waals surface area (Å²) in [5.41, 5.74) is 3.62. The standard InChI is InChI=1S/C17H35NO/c1-2-3-4-5-6-7-8-9-10-11-12-13-14-15-17(19)16-18/h2-16,18H2,1H3/p+1. The van der Waals surface area contributed by atoms with Crippen molar-refractivity contribution in [3.63, 3.8) is 0 Å². The van der Waals surface area contributed by atoms with E-state index in [1.54, 1.807) is 0 Å². The first kappa shape index (κ1) is 18.6. The van der Waals surface area contributed by atoms with Gasteiger partial charge in [-0.1, -0.05) is 84.0 Å². The van der Waals surface area contributed by atoms with Gasteiger partial charge < -0.3 is 5.73 Å². The molecule has 0 spiro atoms. The summed E-state index contributed by atoms with van der Waals surface area (Å²) >= 11 is 0. The fourth-order valence-electron chi connectivity index (χ4n) is 2.46. The zero-order chi connectivity index (χ0) is 14.2. The minimum Gasteiger partial charge on any atom is -0.351 e. The summed E-state index contributed by atoms with van der Waals surface area (Å²) in [6.45, 7) is 2.74. The molecule has 0 aromatic heterocycles. The van der Waals surface area contributed by atoms with Gasteiger partial charge in [0.2, 0.25) is 0 Å². The normalized spacial score (nSPS) is 10.8. The second-order valence-electron chi connectivity index (χ2n) is 5.78. The van der Waals surface area contributed by atoms with E-state index in [2.05, 4.69) is 12.7 Å². The van der Waals surface area contributed by atoms with E-state index in [-0.39, 0.29) is 0 Å². The highest BCUT2D eigenvalue weighted by Crippen LogP contribution is 2.12. The van der Waals surface area contributed by atoms with E-state index in [9.17, 15) is 4.79 Å². The SMILES string of the molecule is CCCCCCCCCCCCCCCC(=O)C[NH3+]. The van der Waals surface area contributed by atoms with Crippen LogP contribution >= 0.6 is 0 Å². The van der Waals surface area contributed by atoms with Gasteiger partial charge in [-0.25, -0.2) is 0 Å². The summed E-state index contributed by atoms with van der Waals surface area (Å²) in [5.74, 6) is 0.322. The Morgan fingerprint density at radius 1 is 0.684 bits per heavy atom. The fraction of sp³-hybridized carbons (Fsp3) is 0.941. The van der Waals surface area contributed by atoms with Crippen molar-refractivity contribution in [2.75, 3.05) is 6.54 Å². The molecule has 0 saturated heterocycles. The maximum absolute atomic E-state index is 11.1. The molecular weight excluding hydrogens is 234 g/mol. The number of Topliss-reactive ketones (excluding diaryl/α,β-unsaturated/α-hetero) is 1. The molecular formula is C17H36NO+. The Morgan fingerprint density at radius 3 is 1.42 bits per heavy atom. The van der Waals surface area contributed by atoms with Crippen LogP contribution in [0.15, 0.2) is 0 Å². The van der Waals surface area contributed by atoms with Crippen molar-refractivity contribution in [1.29, 1.82) is 0 Å². The molecule has 0 heterocycles. The Balaban J connectivity index is 2.97. The molecule has 0 aromatic rings. The molecule has 0 unspecified atom stereocenters. The second kappa shape index (κ2) is 15.7. The molecule has 0 atom stereocenters. The smallest absolute Gasteiger partial charge is 0.186 e. The number of rotatable bonds is 15. The van der Waals surface area contributed by atoms with Crippen molar-refractivity contribution in [2.24, 2.45) is 0 Å². The van der Waals surface area contributed by atoms with Crippen LogP contribution in [0, 0.1) is 0 Å². The van der Waals surface area contributed by atoms with Crippen LogP contribution in [0.3, 0.4) is 0 Å². The third-order valence-corrected chi connectivity index (χ3v) is 3.84. The third kappa shape index (κ3) is 15.6. The third-order valence-electron chi connectivity index (χ3n) is 3.84. The maximum Gasteiger partial charge on any atom is 0.186 e. The Labute approximate surface area is 120 Å². The molecule has 0 bridgehead atoms. The lowest BCUT2D eigenvalue weighted by Gasteiger charge is -2.02. The second-order valence-corrected chi connectivity index (χ2v) is 5.78. The number of ketones is 1. The van der Waals surface area contributed by atoms with Gasteiger partial charge >= 0.3 is 0 Å². The van der Waals surface area contributed by atoms with E-state index in [1.165, 1.54) is 77.0 Å². The van der Waals surface area contributed by atoms with Crippen LogP contribution in [0.2, 0.25) is 0 Å². The van der Waals surface area contributed by atoms with Gasteiger partial charge in [-0.3, -0.25) is 4.79 Å². The Bertz CT molecular complexity index is 192. The predicted molar refractivity (Wildman–Crippen MR) is 83.1 cm³/mol. The molecule has 0 aliphatic rings.